The molecule has 0 fully saturated rings. The predicted molar refractivity (Wildman–Crippen MR) is 93.9 cm³/mol. The molecule has 1 N–H and O–H groups in total. The summed E-state index contributed by atoms with van der Waals surface area (Å²) in [4.78, 5) is 12.4. The van der Waals surface area contributed by atoms with E-state index in [4.69, 9.17) is 9.47 Å². The lowest BCUT2D eigenvalue weighted by atomic mass is 10.2. The molecule has 25 heavy (non-hydrogen) atoms. The smallest absolute Gasteiger partial charge is 0.255 e. The van der Waals surface area contributed by atoms with Gasteiger partial charge in [0.05, 0.1) is 12.8 Å². The molecule has 0 spiro atoms. The predicted octanol–water partition coefficient (Wildman–Crippen LogP) is 4.88. The third kappa shape index (κ3) is 3.95. The highest BCUT2D eigenvalue weighted by Crippen LogP contribution is 2.29. The van der Waals surface area contributed by atoms with Gasteiger partial charge in [-0.15, -0.1) is 0 Å². The normalized spacial score (nSPS) is 10.2. The first-order chi connectivity index (χ1) is 12.2. The Morgan fingerprint density at radius 1 is 0.920 bits per heavy atom. The number of hydrogen-bond donors (Lipinski definition) is 1. The van der Waals surface area contributed by atoms with Crippen molar-refractivity contribution in [3.8, 4) is 17.2 Å². The van der Waals surface area contributed by atoms with Gasteiger partial charge in [0.1, 0.15) is 5.75 Å². The van der Waals surface area contributed by atoms with Crippen LogP contribution in [0.1, 0.15) is 10.4 Å². The van der Waals surface area contributed by atoms with E-state index in [-0.39, 0.29) is 11.3 Å². The number of hydrogen-bond acceptors (Lipinski definition) is 3. The number of carbonyl (C=O) groups is 1. The molecule has 5 heteroatoms. The standard InChI is InChI=1S/C20H16FNO3/c1-24-18-12-11-14(13-16(18)21)20(23)22-17-9-5-6-10-19(17)25-15-7-3-2-4-8-15/h2-13H,1H3,(H,22,23). The van der Waals surface area contributed by atoms with Crippen LogP contribution in [-0.4, -0.2) is 13.0 Å². The van der Waals surface area contributed by atoms with E-state index in [1.165, 1.54) is 19.2 Å². The van der Waals surface area contributed by atoms with E-state index >= 15 is 0 Å². The lowest BCUT2D eigenvalue weighted by molar-refractivity contribution is 0.102. The molecule has 0 aliphatic carbocycles. The van der Waals surface area contributed by atoms with Crippen LogP contribution in [0.25, 0.3) is 0 Å². The Hall–Kier alpha value is -3.34. The van der Waals surface area contributed by atoms with Crippen molar-refractivity contribution in [3.05, 3.63) is 84.2 Å². The van der Waals surface area contributed by atoms with Crippen molar-refractivity contribution in [1.29, 1.82) is 0 Å². The average molecular weight is 337 g/mol. The summed E-state index contributed by atoms with van der Waals surface area (Å²) in [6.07, 6.45) is 0. The number of para-hydroxylation sites is 3. The Bertz CT molecular complexity index is 881. The molecule has 4 nitrogen and oxygen atoms in total. The monoisotopic (exact) mass is 337 g/mol. The van der Waals surface area contributed by atoms with Crippen LogP contribution in [0.5, 0.6) is 17.2 Å². The number of anilines is 1. The quantitative estimate of drug-likeness (QED) is 0.722. The van der Waals surface area contributed by atoms with E-state index in [0.717, 1.165) is 6.07 Å². The summed E-state index contributed by atoms with van der Waals surface area (Å²) >= 11 is 0. The van der Waals surface area contributed by atoms with Crippen LogP contribution in [0.3, 0.4) is 0 Å². The van der Waals surface area contributed by atoms with E-state index < -0.39 is 11.7 Å². The molecule has 0 aliphatic rings. The van der Waals surface area contributed by atoms with Gasteiger partial charge in [-0.1, -0.05) is 30.3 Å². The largest absolute Gasteiger partial charge is 0.494 e. The summed E-state index contributed by atoms with van der Waals surface area (Å²) < 4.78 is 24.4. The third-order valence-corrected chi connectivity index (χ3v) is 3.52. The summed E-state index contributed by atoms with van der Waals surface area (Å²) in [7, 11) is 1.37. The van der Waals surface area contributed by atoms with Crippen LogP contribution in [0.2, 0.25) is 0 Å². The van der Waals surface area contributed by atoms with Crippen molar-refractivity contribution in [3.63, 3.8) is 0 Å². The van der Waals surface area contributed by atoms with Crippen molar-refractivity contribution in [2.75, 3.05) is 12.4 Å². The molecular formula is C20H16FNO3. The zero-order valence-electron chi connectivity index (χ0n) is 13.5. The van der Waals surface area contributed by atoms with Gasteiger partial charge < -0.3 is 14.8 Å². The molecule has 0 saturated carbocycles. The van der Waals surface area contributed by atoms with Gasteiger partial charge in [-0.25, -0.2) is 4.39 Å². The maximum absolute atomic E-state index is 13.8. The van der Waals surface area contributed by atoms with E-state index in [0.29, 0.717) is 17.2 Å². The van der Waals surface area contributed by atoms with Crippen LogP contribution < -0.4 is 14.8 Å². The minimum absolute atomic E-state index is 0.0874. The van der Waals surface area contributed by atoms with E-state index in [1.54, 1.807) is 24.3 Å². The van der Waals surface area contributed by atoms with Gasteiger partial charge in [-0.05, 0) is 42.5 Å². The summed E-state index contributed by atoms with van der Waals surface area (Å²) in [6.45, 7) is 0. The lowest BCUT2D eigenvalue weighted by Gasteiger charge is -2.12. The van der Waals surface area contributed by atoms with Crippen LogP contribution >= 0.6 is 0 Å². The molecule has 0 heterocycles. The summed E-state index contributed by atoms with van der Waals surface area (Å²) in [5, 5.41) is 2.74. The summed E-state index contributed by atoms with van der Waals surface area (Å²) in [5.74, 6) is 0.203. The maximum Gasteiger partial charge on any atom is 0.255 e. The van der Waals surface area contributed by atoms with E-state index in [1.807, 2.05) is 30.3 Å². The molecule has 3 rings (SSSR count). The first-order valence-corrected chi connectivity index (χ1v) is 7.64. The molecule has 126 valence electrons. The second-order valence-corrected chi connectivity index (χ2v) is 5.21. The molecule has 3 aromatic carbocycles. The Morgan fingerprint density at radius 3 is 2.36 bits per heavy atom. The fourth-order valence-corrected chi connectivity index (χ4v) is 2.28. The van der Waals surface area contributed by atoms with Crippen LogP contribution in [0.15, 0.2) is 72.8 Å². The van der Waals surface area contributed by atoms with Crippen LogP contribution in [-0.2, 0) is 0 Å². The highest BCUT2D eigenvalue weighted by molar-refractivity contribution is 6.05. The lowest BCUT2D eigenvalue weighted by Crippen LogP contribution is -2.13. The molecule has 0 radical (unpaired) electrons. The molecule has 0 bridgehead atoms. The van der Waals surface area contributed by atoms with Crippen LogP contribution in [0, 0.1) is 5.82 Å². The van der Waals surface area contributed by atoms with Crippen molar-refractivity contribution in [2.45, 2.75) is 0 Å². The first-order valence-electron chi connectivity index (χ1n) is 7.64. The Balaban J connectivity index is 1.81. The Kier molecular flexibility index (Phi) is 4.95. The van der Waals surface area contributed by atoms with Gasteiger partial charge in [0.2, 0.25) is 0 Å². The van der Waals surface area contributed by atoms with Gasteiger partial charge in [-0.2, -0.15) is 0 Å². The van der Waals surface area contributed by atoms with Gasteiger partial charge in [-0.3, -0.25) is 4.79 Å². The maximum atomic E-state index is 13.8. The number of benzene rings is 3. The Labute approximate surface area is 144 Å². The second-order valence-electron chi connectivity index (χ2n) is 5.21. The molecule has 0 saturated heterocycles. The molecule has 1 amide bonds. The van der Waals surface area contributed by atoms with Crippen LogP contribution in [0.4, 0.5) is 10.1 Å². The second kappa shape index (κ2) is 7.49. The van der Waals surface area contributed by atoms with Gasteiger partial charge in [0.25, 0.3) is 5.91 Å². The fraction of sp³-hybridized carbons (Fsp3) is 0.0500. The van der Waals surface area contributed by atoms with E-state index in [2.05, 4.69) is 5.32 Å². The van der Waals surface area contributed by atoms with Crippen molar-refractivity contribution in [2.24, 2.45) is 0 Å². The molecule has 0 aliphatic heterocycles. The Morgan fingerprint density at radius 2 is 1.64 bits per heavy atom. The van der Waals surface area contributed by atoms with Crippen molar-refractivity contribution in [1.82, 2.24) is 0 Å². The number of halogens is 1. The number of nitrogens with one attached hydrogen (secondary N) is 1. The van der Waals surface area contributed by atoms with Crippen molar-refractivity contribution < 1.29 is 18.7 Å². The number of ether oxygens (including phenoxy) is 2. The zero-order chi connectivity index (χ0) is 17.6. The van der Waals surface area contributed by atoms with Gasteiger partial charge in [0, 0.05) is 5.56 Å². The SMILES string of the molecule is COc1ccc(C(=O)Nc2ccccc2Oc2ccccc2)cc1F. The highest BCUT2D eigenvalue weighted by Gasteiger charge is 2.13. The molecule has 0 atom stereocenters. The molecule has 0 aromatic heterocycles. The fourth-order valence-electron chi connectivity index (χ4n) is 2.28. The minimum atomic E-state index is -0.594. The van der Waals surface area contributed by atoms with E-state index in [9.17, 15) is 9.18 Å². The number of methoxy groups -OCH3 is 1. The first kappa shape index (κ1) is 16.5. The summed E-state index contributed by atoms with van der Waals surface area (Å²) in [6, 6.07) is 20.3. The number of carbonyl (C=O) groups excluding carboxylic acids is 1. The van der Waals surface area contributed by atoms with Gasteiger partial charge >= 0.3 is 0 Å². The van der Waals surface area contributed by atoms with Gasteiger partial charge in [0.15, 0.2) is 17.3 Å². The summed E-state index contributed by atoms with van der Waals surface area (Å²) in [5.41, 5.74) is 0.681. The highest BCUT2D eigenvalue weighted by atomic mass is 19.1. The third-order valence-electron chi connectivity index (χ3n) is 3.52. The molecule has 0 unspecified atom stereocenters. The zero-order valence-corrected chi connectivity index (χ0v) is 13.5. The number of amides is 1. The minimum Gasteiger partial charge on any atom is -0.494 e. The number of rotatable bonds is 5. The molecule has 3 aromatic rings. The van der Waals surface area contributed by atoms with Crippen molar-refractivity contribution >= 4 is 11.6 Å². The molecular weight excluding hydrogens is 321 g/mol. The average Bonchev–Trinajstić information content (AvgIpc) is 2.64. The topological polar surface area (TPSA) is 47.6 Å².